The molecule has 3 rings (SSSR count). The predicted octanol–water partition coefficient (Wildman–Crippen LogP) is 5.63. The second-order valence-electron chi connectivity index (χ2n) is 4.79. The third kappa shape index (κ3) is 3.56. The van der Waals surface area contributed by atoms with Crippen LogP contribution < -0.4 is 0 Å². The minimum Gasteiger partial charge on any atom is -0.289 e. The average Bonchev–Trinajstić information content (AvgIpc) is 2.57. The molecule has 1 nitrogen and oxygen atoms in total. The molecule has 0 aromatic heterocycles. The molecule has 0 fully saturated rings. The summed E-state index contributed by atoms with van der Waals surface area (Å²) in [5.41, 5.74) is 1.35. The Bertz CT molecular complexity index is 763. The standard InChI is InChI=1S/C19H13OS2/c20-19(14-6-10-16(21)11-7-14)15-8-12-18(13-9-15)22-17-4-2-1-3-5-17/h1-13H. The SMILES string of the molecule is O=C(c1ccc([S])cc1)c1ccc(Sc2ccccc2)cc1. The van der Waals surface area contributed by atoms with Gasteiger partial charge in [0.05, 0.1) is 0 Å². The Balaban J connectivity index is 1.76. The fourth-order valence-corrected chi connectivity index (χ4v) is 3.05. The van der Waals surface area contributed by atoms with Gasteiger partial charge in [-0.15, -0.1) is 0 Å². The van der Waals surface area contributed by atoms with Crippen LogP contribution >= 0.6 is 24.4 Å². The van der Waals surface area contributed by atoms with E-state index in [-0.39, 0.29) is 5.78 Å². The van der Waals surface area contributed by atoms with Crippen molar-refractivity contribution in [2.75, 3.05) is 0 Å². The Kier molecular flexibility index (Phi) is 4.56. The topological polar surface area (TPSA) is 17.1 Å². The first-order valence-electron chi connectivity index (χ1n) is 6.87. The van der Waals surface area contributed by atoms with Crippen molar-refractivity contribution in [3.63, 3.8) is 0 Å². The van der Waals surface area contributed by atoms with Crippen LogP contribution in [0.2, 0.25) is 0 Å². The fraction of sp³-hybridized carbons (Fsp3) is 0. The lowest BCUT2D eigenvalue weighted by atomic mass is 10.0. The Labute approximate surface area is 139 Å². The summed E-state index contributed by atoms with van der Waals surface area (Å²) in [7, 11) is 0. The van der Waals surface area contributed by atoms with Crippen molar-refractivity contribution in [2.24, 2.45) is 0 Å². The monoisotopic (exact) mass is 321 g/mol. The van der Waals surface area contributed by atoms with Crippen LogP contribution in [0.25, 0.3) is 0 Å². The summed E-state index contributed by atoms with van der Waals surface area (Å²) in [5, 5.41) is 0. The largest absolute Gasteiger partial charge is 0.289 e. The van der Waals surface area contributed by atoms with Crippen LogP contribution in [-0.4, -0.2) is 5.78 Å². The van der Waals surface area contributed by atoms with Crippen LogP contribution in [0.4, 0.5) is 0 Å². The van der Waals surface area contributed by atoms with Crippen molar-refractivity contribution in [1.29, 1.82) is 0 Å². The van der Waals surface area contributed by atoms with Crippen molar-refractivity contribution in [1.82, 2.24) is 0 Å². The summed E-state index contributed by atoms with van der Waals surface area (Å²) >= 11 is 6.72. The number of ketones is 1. The zero-order valence-corrected chi connectivity index (χ0v) is 13.4. The third-order valence-electron chi connectivity index (χ3n) is 3.21. The number of hydrogen-bond acceptors (Lipinski definition) is 2. The van der Waals surface area contributed by atoms with Gasteiger partial charge in [-0.25, -0.2) is 0 Å². The summed E-state index contributed by atoms with van der Waals surface area (Å²) in [4.78, 5) is 15.4. The van der Waals surface area contributed by atoms with E-state index in [9.17, 15) is 4.79 Å². The summed E-state index contributed by atoms with van der Waals surface area (Å²) in [5.74, 6) is 0.0197. The molecule has 0 saturated heterocycles. The minimum atomic E-state index is 0.0197. The highest BCUT2D eigenvalue weighted by atomic mass is 32.2. The highest BCUT2D eigenvalue weighted by molar-refractivity contribution is 7.99. The zero-order chi connectivity index (χ0) is 15.4. The second-order valence-corrected chi connectivity index (χ2v) is 6.41. The van der Waals surface area contributed by atoms with E-state index in [2.05, 4.69) is 12.1 Å². The molecule has 0 bridgehead atoms. The van der Waals surface area contributed by atoms with Crippen LogP contribution in [0.5, 0.6) is 0 Å². The fourth-order valence-electron chi connectivity index (χ4n) is 2.07. The quantitative estimate of drug-likeness (QED) is 0.580. The maximum atomic E-state index is 12.4. The van der Waals surface area contributed by atoms with Crippen LogP contribution in [0.3, 0.4) is 0 Å². The second kappa shape index (κ2) is 6.77. The van der Waals surface area contributed by atoms with E-state index < -0.39 is 0 Å². The van der Waals surface area contributed by atoms with Gasteiger partial charge in [0, 0.05) is 25.8 Å². The average molecular weight is 321 g/mol. The van der Waals surface area contributed by atoms with Gasteiger partial charge in [0.1, 0.15) is 0 Å². The van der Waals surface area contributed by atoms with Gasteiger partial charge in [0.2, 0.25) is 0 Å². The number of carbonyl (C=O) groups is 1. The van der Waals surface area contributed by atoms with Crippen LogP contribution in [0, 0.1) is 0 Å². The molecule has 0 heterocycles. The van der Waals surface area contributed by atoms with Gasteiger partial charge in [-0.2, -0.15) is 0 Å². The molecule has 0 N–H and O–H groups in total. The van der Waals surface area contributed by atoms with Crippen molar-refractivity contribution in [3.8, 4) is 0 Å². The van der Waals surface area contributed by atoms with Crippen molar-refractivity contribution >= 4 is 30.2 Å². The lowest BCUT2D eigenvalue weighted by Crippen LogP contribution is -2.00. The van der Waals surface area contributed by atoms with E-state index >= 15 is 0 Å². The van der Waals surface area contributed by atoms with Gasteiger partial charge in [0.25, 0.3) is 0 Å². The van der Waals surface area contributed by atoms with E-state index in [4.69, 9.17) is 12.6 Å². The summed E-state index contributed by atoms with van der Waals surface area (Å²) < 4.78 is 0. The number of carbonyl (C=O) groups excluding carboxylic acids is 1. The predicted molar refractivity (Wildman–Crippen MR) is 92.7 cm³/mol. The normalized spacial score (nSPS) is 10.4. The van der Waals surface area contributed by atoms with Gasteiger partial charge >= 0.3 is 0 Å². The van der Waals surface area contributed by atoms with Gasteiger partial charge in [-0.05, 0) is 60.7 Å². The molecule has 1 radical (unpaired) electrons. The Morgan fingerprint density at radius 1 is 0.682 bits per heavy atom. The van der Waals surface area contributed by atoms with Gasteiger partial charge in [0.15, 0.2) is 5.78 Å². The van der Waals surface area contributed by atoms with E-state index in [0.29, 0.717) is 11.1 Å². The van der Waals surface area contributed by atoms with E-state index in [1.165, 1.54) is 4.90 Å². The smallest absolute Gasteiger partial charge is 0.193 e. The van der Waals surface area contributed by atoms with Crippen LogP contribution in [-0.2, 0) is 0 Å². The van der Waals surface area contributed by atoms with Gasteiger partial charge in [-0.1, -0.05) is 42.6 Å². The Morgan fingerprint density at radius 2 is 1.18 bits per heavy atom. The summed E-state index contributed by atoms with van der Waals surface area (Å²) in [6.07, 6.45) is 0. The molecule has 107 valence electrons. The lowest BCUT2D eigenvalue weighted by molar-refractivity contribution is 0.103. The zero-order valence-electron chi connectivity index (χ0n) is 11.7. The molecule has 0 aliphatic rings. The molecule has 22 heavy (non-hydrogen) atoms. The molecule has 0 aliphatic carbocycles. The van der Waals surface area contributed by atoms with E-state index in [0.717, 1.165) is 9.79 Å². The molecule has 3 aromatic rings. The first-order chi connectivity index (χ1) is 10.7. The van der Waals surface area contributed by atoms with Crippen LogP contribution in [0.1, 0.15) is 15.9 Å². The molecule has 3 aromatic carbocycles. The van der Waals surface area contributed by atoms with E-state index in [1.54, 1.807) is 36.0 Å². The minimum absolute atomic E-state index is 0.0197. The highest BCUT2D eigenvalue weighted by Gasteiger charge is 2.09. The van der Waals surface area contributed by atoms with Gasteiger partial charge < -0.3 is 0 Å². The van der Waals surface area contributed by atoms with Gasteiger partial charge in [-0.3, -0.25) is 4.79 Å². The Hall–Kier alpha value is -2.10. The molecule has 0 saturated carbocycles. The molecule has 0 atom stereocenters. The summed E-state index contributed by atoms with van der Waals surface area (Å²) in [6.45, 7) is 0. The first-order valence-corrected chi connectivity index (χ1v) is 8.09. The molecule has 0 unspecified atom stereocenters. The first kappa shape index (κ1) is 14.8. The van der Waals surface area contributed by atoms with Crippen molar-refractivity contribution in [3.05, 3.63) is 90.0 Å². The third-order valence-corrected chi connectivity index (χ3v) is 4.50. The maximum absolute atomic E-state index is 12.4. The Morgan fingerprint density at radius 3 is 1.77 bits per heavy atom. The van der Waals surface area contributed by atoms with Crippen LogP contribution in [0.15, 0.2) is 93.5 Å². The molecule has 0 amide bonds. The molecular formula is C19H13OS2. The molecular weight excluding hydrogens is 308 g/mol. The molecule has 3 heteroatoms. The number of benzene rings is 3. The van der Waals surface area contributed by atoms with Crippen molar-refractivity contribution in [2.45, 2.75) is 14.7 Å². The van der Waals surface area contributed by atoms with E-state index in [1.807, 2.05) is 42.5 Å². The number of rotatable bonds is 4. The molecule has 0 aliphatic heterocycles. The number of hydrogen-bond donors (Lipinski definition) is 0. The molecule has 0 spiro atoms. The van der Waals surface area contributed by atoms with Crippen molar-refractivity contribution < 1.29 is 4.79 Å². The highest BCUT2D eigenvalue weighted by Crippen LogP contribution is 2.27. The summed E-state index contributed by atoms with van der Waals surface area (Å²) in [6, 6.07) is 25.0. The maximum Gasteiger partial charge on any atom is 0.193 e. The lowest BCUT2D eigenvalue weighted by Gasteiger charge is -2.04.